The first-order valence-corrected chi connectivity index (χ1v) is 7.02. The van der Waals surface area contributed by atoms with E-state index in [-0.39, 0.29) is 5.82 Å². The Morgan fingerprint density at radius 2 is 2.10 bits per heavy atom. The molecule has 1 aromatic heterocycles. The van der Waals surface area contributed by atoms with Crippen molar-refractivity contribution >= 4 is 0 Å². The topological polar surface area (TPSA) is 30.3 Å². The van der Waals surface area contributed by atoms with Crippen molar-refractivity contribution in [2.24, 2.45) is 7.05 Å². The van der Waals surface area contributed by atoms with Crippen molar-refractivity contribution in [1.29, 1.82) is 0 Å². The molecule has 4 nitrogen and oxygen atoms in total. The van der Waals surface area contributed by atoms with Crippen LogP contribution in [0.1, 0.15) is 17.0 Å². The van der Waals surface area contributed by atoms with E-state index in [1.54, 1.807) is 12.3 Å². The van der Waals surface area contributed by atoms with E-state index in [4.69, 9.17) is 4.74 Å². The number of aromatic nitrogens is 2. The second-order valence-electron chi connectivity index (χ2n) is 5.40. The minimum atomic E-state index is -0.232. The van der Waals surface area contributed by atoms with Crippen molar-refractivity contribution in [2.45, 2.75) is 13.0 Å². The summed E-state index contributed by atoms with van der Waals surface area (Å²) in [5, 5.41) is 0. The molecule has 0 unspecified atom stereocenters. The SMILES string of the molecule is CN(C)CCOCc1cc(F)ccc1Cc1nccn1C. The molecule has 114 valence electrons. The number of benzene rings is 1. The number of hydrogen-bond donors (Lipinski definition) is 0. The fourth-order valence-electron chi connectivity index (χ4n) is 2.07. The summed E-state index contributed by atoms with van der Waals surface area (Å²) in [6, 6.07) is 4.85. The predicted octanol–water partition coefficient (Wildman–Crippen LogP) is 2.23. The fraction of sp³-hybridized carbons (Fsp3) is 0.438. The summed E-state index contributed by atoms with van der Waals surface area (Å²) in [5.41, 5.74) is 1.94. The first-order valence-electron chi connectivity index (χ1n) is 7.02. The molecule has 0 atom stereocenters. The molecule has 1 heterocycles. The highest BCUT2D eigenvalue weighted by molar-refractivity contribution is 5.30. The molecule has 1 aromatic carbocycles. The normalized spacial score (nSPS) is 11.3. The van der Waals surface area contributed by atoms with Gasteiger partial charge in [-0.15, -0.1) is 0 Å². The molecule has 0 bridgehead atoms. The predicted molar refractivity (Wildman–Crippen MR) is 80.6 cm³/mol. The monoisotopic (exact) mass is 291 g/mol. The molecule has 0 saturated carbocycles. The van der Waals surface area contributed by atoms with E-state index in [1.807, 2.05) is 38.0 Å². The smallest absolute Gasteiger partial charge is 0.123 e. The van der Waals surface area contributed by atoms with Gasteiger partial charge in [-0.1, -0.05) is 6.07 Å². The molecule has 5 heteroatoms. The van der Waals surface area contributed by atoms with Crippen molar-refractivity contribution in [2.75, 3.05) is 27.2 Å². The summed E-state index contributed by atoms with van der Waals surface area (Å²) < 4.78 is 21.1. The van der Waals surface area contributed by atoms with Gasteiger partial charge in [0.25, 0.3) is 0 Å². The van der Waals surface area contributed by atoms with E-state index in [0.29, 0.717) is 19.6 Å². The van der Waals surface area contributed by atoms with Crippen molar-refractivity contribution in [3.8, 4) is 0 Å². The quantitative estimate of drug-likeness (QED) is 0.733. The van der Waals surface area contributed by atoms with Crippen LogP contribution in [0.25, 0.3) is 0 Å². The molecule has 0 N–H and O–H groups in total. The lowest BCUT2D eigenvalue weighted by atomic mass is 10.0. The molecular weight excluding hydrogens is 269 g/mol. The van der Waals surface area contributed by atoms with E-state index < -0.39 is 0 Å². The molecule has 0 radical (unpaired) electrons. The van der Waals surface area contributed by atoms with Crippen molar-refractivity contribution in [1.82, 2.24) is 14.5 Å². The van der Waals surface area contributed by atoms with Gasteiger partial charge < -0.3 is 14.2 Å². The fourth-order valence-corrected chi connectivity index (χ4v) is 2.07. The van der Waals surface area contributed by atoms with Gasteiger partial charge in [-0.05, 0) is 37.4 Å². The lowest BCUT2D eigenvalue weighted by Gasteiger charge is -2.13. The third-order valence-electron chi connectivity index (χ3n) is 3.38. The number of aryl methyl sites for hydroxylation is 1. The Hall–Kier alpha value is -1.72. The van der Waals surface area contributed by atoms with E-state index in [2.05, 4.69) is 9.88 Å². The molecule has 21 heavy (non-hydrogen) atoms. The zero-order valence-electron chi connectivity index (χ0n) is 12.8. The van der Waals surface area contributed by atoms with Crippen LogP contribution in [0.2, 0.25) is 0 Å². The van der Waals surface area contributed by atoms with Crippen LogP contribution in [-0.4, -0.2) is 41.7 Å². The number of rotatable bonds is 7. The molecule has 2 rings (SSSR count). The highest BCUT2D eigenvalue weighted by Gasteiger charge is 2.08. The Balaban J connectivity index is 2.05. The van der Waals surface area contributed by atoms with Gasteiger partial charge in [0.05, 0.1) is 13.2 Å². The molecule has 0 aliphatic heterocycles. The third kappa shape index (κ3) is 4.65. The summed E-state index contributed by atoms with van der Waals surface area (Å²) in [5.74, 6) is 0.723. The van der Waals surface area contributed by atoms with Gasteiger partial charge in [0, 0.05) is 32.4 Å². The van der Waals surface area contributed by atoms with Gasteiger partial charge in [-0.25, -0.2) is 9.37 Å². The van der Waals surface area contributed by atoms with Gasteiger partial charge in [-0.2, -0.15) is 0 Å². The zero-order valence-corrected chi connectivity index (χ0v) is 12.8. The Labute approximate surface area is 125 Å². The average molecular weight is 291 g/mol. The van der Waals surface area contributed by atoms with Crippen LogP contribution in [0.3, 0.4) is 0 Å². The maximum Gasteiger partial charge on any atom is 0.123 e. The number of ether oxygens (including phenoxy) is 1. The van der Waals surface area contributed by atoms with Crippen LogP contribution in [0.15, 0.2) is 30.6 Å². The third-order valence-corrected chi connectivity index (χ3v) is 3.38. The van der Waals surface area contributed by atoms with E-state index in [0.717, 1.165) is 23.5 Å². The van der Waals surface area contributed by atoms with Crippen LogP contribution >= 0.6 is 0 Å². The first kappa shape index (κ1) is 15.7. The average Bonchev–Trinajstić information content (AvgIpc) is 2.83. The lowest BCUT2D eigenvalue weighted by molar-refractivity contribution is 0.105. The minimum Gasteiger partial charge on any atom is -0.375 e. The summed E-state index contributed by atoms with van der Waals surface area (Å²) in [7, 11) is 5.95. The van der Waals surface area contributed by atoms with Crippen molar-refractivity contribution in [3.05, 3.63) is 53.4 Å². The maximum atomic E-state index is 13.5. The van der Waals surface area contributed by atoms with Crippen molar-refractivity contribution in [3.63, 3.8) is 0 Å². The Kier molecular flexibility index (Phi) is 5.47. The van der Waals surface area contributed by atoms with Gasteiger partial charge in [-0.3, -0.25) is 0 Å². The second kappa shape index (κ2) is 7.33. The molecule has 0 aliphatic rings. The van der Waals surface area contributed by atoms with Gasteiger partial charge in [0.2, 0.25) is 0 Å². The lowest BCUT2D eigenvalue weighted by Crippen LogP contribution is -2.18. The molecule has 0 fully saturated rings. The molecule has 2 aromatic rings. The van der Waals surface area contributed by atoms with Crippen molar-refractivity contribution < 1.29 is 9.13 Å². The summed E-state index contributed by atoms with van der Waals surface area (Å²) in [6.07, 6.45) is 4.36. The Morgan fingerprint density at radius 3 is 2.76 bits per heavy atom. The second-order valence-corrected chi connectivity index (χ2v) is 5.40. The number of nitrogens with zero attached hydrogens (tertiary/aromatic N) is 3. The maximum absolute atomic E-state index is 13.5. The minimum absolute atomic E-state index is 0.232. The number of halogens is 1. The zero-order chi connectivity index (χ0) is 15.2. The molecule has 0 amide bonds. The van der Waals surface area contributed by atoms with Crippen LogP contribution in [-0.2, 0) is 24.8 Å². The highest BCUT2D eigenvalue weighted by atomic mass is 19.1. The standard InChI is InChI=1S/C16H22FN3O/c1-19(2)8-9-21-12-14-10-15(17)5-4-13(14)11-16-18-6-7-20(16)3/h4-7,10H,8-9,11-12H2,1-3H3. The summed E-state index contributed by atoms with van der Waals surface area (Å²) in [4.78, 5) is 6.37. The van der Waals surface area contributed by atoms with E-state index >= 15 is 0 Å². The summed E-state index contributed by atoms with van der Waals surface area (Å²) >= 11 is 0. The van der Waals surface area contributed by atoms with Crippen LogP contribution in [0.4, 0.5) is 4.39 Å². The molecular formula is C16H22FN3O. The highest BCUT2D eigenvalue weighted by Crippen LogP contribution is 2.16. The number of hydrogen-bond acceptors (Lipinski definition) is 3. The van der Waals surface area contributed by atoms with Gasteiger partial charge in [0.1, 0.15) is 11.6 Å². The van der Waals surface area contributed by atoms with Crippen LogP contribution in [0.5, 0.6) is 0 Å². The number of likely N-dealkylation sites (N-methyl/N-ethyl adjacent to an activating group) is 1. The Bertz CT molecular complexity index is 581. The van der Waals surface area contributed by atoms with Crippen LogP contribution in [0, 0.1) is 5.82 Å². The Morgan fingerprint density at radius 1 is 1.29 bits per heavy atom. The molecule has 0 saturated heterocycles. The van der Waals surface area contributed by atoms with Gasteiger partial charge >= 0.3 is 0 Å². The van der Waals surface area contributed by atoms with E-state index in [1.165, 1.54) is 6.07 Å². The van der Waals surface area contributed by atoms with Crippen LogP contribution < -0.4 is 0 Å². The first-order chi connectivity index (χ1) is 10.1. The largest absolute Gasteiger partial charge is 0.375 e. The number of imidazole rings is 1. The van der Waals surface area contributed by atoms with Gasteiger partial charge in [0.15, 0.2) is 0 Å². The van der Waals surface area contributed by atoms with E-state index in [9.17, 15) is 4.39 Å². The summed E-state index contributed by atoms with van der Waals surface area (Å²) in [6.45, 7) is 1.90. The molecule has 0 aliphatic carbocycles. The molecule has 0 spiro atoms.